The Kier molecular flexibility index (Phi) is 7.53. The molecule has 4 aliphatic rings. The number of fused-ring (bicyclic) bond motifs is 4. The van der Waals surface area contributed by atoms with Crippen molar-refractivity contribution in [2.45, 2.75) is 55.3 Å². The number of hydrogen-bond donors (Lipinski definition) is 2. The predicted molar refractivity (Wildman–Crippen MR) is 152 cm³/mol. The van der Waals surface area contributed by atoms with Crippen molar-refractivity contribution in [1.82, 2.24) is 20.4 Å². The minimum atomic E-state index is -1.23. The Morgan fingerprint density at radius 3 is 2.46 bits per heavy atom. The number of piperidine rings is 1. The number of ether oxygens (including phenoxy) is 1. The molecule has 2 N–H and O–H groups in total. The summed E-state index contributed by atoms with van der Waals surface area (Å²) in [5.41, 5.74) is 4.02. The van der Waals surface area contributed by atoms with Crippen LogP contribution in [0.3, 0.4) is 0 Å². The SMILES string of the molecule is CN(C(=O)OC1c2ccccc2-c2ccccc21)[C@H]1CC[C@H]2N(C1)[C@H](C(=O)N[C@H](C#N)C[C@@H]1CCNC1=O)CS2=O. The fourth-order valence-electron chi connectivity index (χ4n) is 6.60. The lowest BCUT2D eigenvalue weighted by molar-refractivity contribution is -0.127. The number of amides is 3. The van der Waals surface area contributed by atoms with Gasteiger partial charge in [-0.15, -0.1) is 0 Å². The summed E-state index contributed by atoms with van der Waals surface area (Å²) in [4.78, 5) is 42.2. The van der Waals surface area contributed by atoms with E-state index in [1.165, 1.54) is 0 Å². The lowest BCUT2D eigenvalue weighted by Gasteiger charge is -2.40. The van der Waals surface area contributed by atoms with Crippen LogP contribution in [0.2, 0.25) is 0 Å². The Bertz CT molecular complexity index is 1400. The van der Waals surface area contributed by atoms with Crippen LogP contribution in [0.15, 0.2) is 48.5 Å². The van der Waals surface area contributed by atoms with Gasteiger partial charge >= 0.3 is 6.09 Å². The highest BCUT2D eigenvalue weighted by atomic mass is 32.2. The third-order valence-electron chi connectivity index (χ3n) is 8.85. The molecular formula is C30H33N5O5S. The summed E-state index contributed by atoms with van der Waals surface area (Å²) in [5, 5.41) is 14.9. The van der Waals surface area contributed by atoms with Gasteiger partial charge < -0.3 is 20.3 Å². The summed E-state index contributed by atoms with van der Waals surface area (Å²) >= 11 is 0. The predicted octanol–water partition coefficient (Wildman–Crippen LogP) is 2.28. The molecule has 214 valence electrons. The van der Waals surface area contributed by atoms with Crippen molar-refractivity contribution in [3.63, 3.8) is 0 Å². The first kappa shape index (κ1) is 27.4. The molecule has 3 amide bonds. The van der Waals surface area contributed by atoms with E-state index in [0.29, 0.717) is 32.4 Å². The zero-order chi connectivity index (χ0) is 28.7. The molecule has 0 aromatic heterocycles. The first-order valence-electron chi connectivity index (χ1n) is 14.1. The summed E-state index contributed by atoms with van der Waals surface area (Å²) in [6, 6.07) is 16.2. The molecule has 41 heavy (non-hydrogen) atoms. The van der Waals surface area contributed by atoms with E-state index in [-0.39, 0.29) is 41.3 Å². The summed E-state index contributed by atoms with van der Waals surface area (Å²) in [5.74, 6) is -0.589. The zero-order valence-corrected chi connectivity index (χ0v) is 23.6. The van der Waals surface area contributed by atoms with Gasteiger partial charge in [0.1, 0.15) is 12.1 Å². The highest BCUT2D eigenvalue weighted by molar-refractivity contribution is 7.85. The minimum absolute atomic E-state index is 0.0973. The van der Waals surface area contributed by atoms with Crippen molar-refractivity contribution in [3.8, 4) is 17.2 Å². The molecule has 0 saturated carbocycles. The second kappa shape index (κ2) is 11.3. The van der Waals surface area contributed by atoms with Gasteiger partial charge in [-0.3, -0.25) is 18.7 Å². The maximum absolute atomic E-state index is 13.4. The fraction of sp³-hybridized carbons (Fsp3) is 0.467. The van der Waals surface area contributed by atoms with Gasteiger partial charge in [0, 0.05) is 59.8 Å². The molecule has 3 heterocycles. The van der Waals surface area contributed by atoms with Crippen molar-refractivity contribution >= 4 is 28.7 Å². The fourth-order valence-corrected chi connectivity index (χ4v) is 8.41. The highest BCUT2D eigenvalue weighted by Crippen LogP contribution is 2.45. The molecule has 1 aliphatic carbocycles. The molecule has 11 heteroatoms. The monoisotopic (exact) mass is 575 g/mol. The number of benzene rings is 2. The van der Waals surface area contributed by atoms with Crippen LogP contribution in [-0.2, 0) is 25.1 Å². The number of nitriles is 1. The molecule has 3 aliphatic heterocycles. The number of carbonyl (C=O) groups excluding carboxylic acids is 3. The van der Waals surface area contributed by atoms with Gasteiger partial charge in [0.25, 0.3) is 0 Å². The van der Waals surface area contributed by atoms with Crippen molar-refractivity contribution in [3.05, 3.63) is 59.7 Å². The Hall–Kier alpha value is -3.75. The number of hydrogen-bond acceptors (Lipinski definition) is 7. The maximum Gasteiger partial charge on any atom is 0.410 e. The number of nitrogens with zero attached hydrogens (tertiary/aromatic N) is 3. The maximum atomic E-state index is 13.4. The number of nitrogens with one attached hydrogen (secondary N) is 2. The van der Waals surface area contributed by atoms with Gasteiger partial charge in [-0.25, -0.2) is 4.79 Å². The minimum Gasteiger partial charge on any atom is -0.436 e. The van der Waals surface area contributed by atoms with Gasteiger partial charge in [-0.05, 0) is 36.8 Å². The van der Waals surface area contributed by atoms with E-state index in [1.54, 1.807) is 11.9 Å². The molecule has 2 aromatic rings. The summed E-state index contributed by atoms with van der Waals surface area (Å²) in [6.07, 6.45) is 1.15. The number of rotatable bonds is 6. The summed E-state index contributed by atoms with van der Waals surface area (Å²) < 4.78 is 19.0. The molecule has 0 bridgehead atoms. The third-order valence-corrected chi connectivity index (χ3v) is 10.6. The van der Waals surface area contributed by atoms with Crippen molar-refractivity contribution in [2.75, 3.05) is 25.9 Å². The average molecular weight is 576 g/mol. The second-order valence-electron chi connectivity index (χ2n) is 11.2. The quantitative estimate of drug-likeness (QED) is 0.540. The molecule has 2 aromatic carbocycles. The van der Waals surface area contributed by atoms with Crippen LogP contribution < -0.4 is 10.6 Å². The smallest absolute Gasteiger partial charge is 0.410 e. The van der Waals surface area contributed by atoms with Crippen LogP contribution >= 0.6 is 0 Å². The van der Waals surface area contributed by atoms with E-state index < -0.39 is 35.1 Å². The van der Waals surface area contributed by atoms with Gasteiger partial charge in [-0.1, -0.05) is 48.5 Å². The molecule has 3 saturated heterocycles. The Labute approximate surface area is 241 Å². The first-order chi connectivity index (χ1) is 19.9. The van der Waals surface area contributed by atoms with Gasteiger partial charge in [0.2, 0.25) is 11.8 Å². The standard InChI is InChI=1S/C30H33N5O5S/c1-34(30(38)40-27-23-8-4-2-6-21(23)22-7-3-5-9-24(22)27)20-10-11-26-35(16-20)25(17-41(26)39)29(37)33-19(15-31)14-18-12-13-32-28(18)36/h2-9,18-20,25-27H,10-14,16-17H2,1H3,(H,32,36)(H,33,37)/t18-,19-,20-,25-,26-,41?/m0/s1. The Balaban J connectivity index is 1.12. The number of likely N-dealkylation sites (N-methyl/N-ethyl adjacent to an activating group) is 1. The summed E-state index contributed by atoms with van der Waals surface area (Å²) in [6.45, 7) is 0.948. The van der Waals surface area contributed by atoms with E-state index in [9.17, 15) is 23.9 Å². The normalized spacial score (nSPS) is 27.6. The first-order valence-corrected chi connectivity index (χ1v) is 15.5. The van der Waals surface area contributed by atoms with E-state index >= 15 is 0 Å². The lowest BCUT2D eigenvalue weighted by Crippen LogP contribution is -2.56. The van der Waals surface area contributed by atoms with E-state index in [1.807, 2.05) is 53.4 Å². The lowest BCUT2D eigenvalue weighted by atomic mass is 9.98. The van der Waals surface area contributed by atoms with Crippen molar-refractivity contribution in [1.29, 1.82) is 5.26 Å². The molecule has 6 rings (SSSR count). The molecule has 3 fully saturated rings. The van der Waals surface area contributed by atoms with Crippen molar-refractivity contribution in [2.24, 2.45) is 5.92 Å². The largest absolute Gasteiger partial charge is 0.436 e. The van der Waals surface area contributed by atoms with Gasteiger partial charge in [0.15, 0.2) is 6.10 Å². The molecule has 1 unspecified atom stereocenters. The van der Waals surface area contributed by atoms with Crippen LogP contribution in [0.4, 0.5) is 4.79 Å². The van der Waals surface area contributed by atoms with Gasteiger partial charge in [-0.2, -0.15) is 5.26 Å². The van der Waals surface area contributed by atoms with Crippen LogP contribution in [-0.4, -0.2) is 81.3 Å². The molecular weight excluding hydrogens is 542 g/mol. The van der Waals surface area contributed by atoms with E-state index in [0.717, 1.165) is 22.3 Å². The Morgan fingerprint density at radius 1 is 1.15 bits per heavy atom. The Morgan fingerprint density at radius 2 is 1.83 bits per heavy atom. The number of carbonyl (C=O) groups is 3. The van der Waals surface area contributed by atoms with Crippen molar-refractivity contribution < 1.29 is 23.3 Å². The van der Waals surface area contributed by atoms with Gasteiger partial charge in [0.05, 0.1) is 11.4 Å². The zero-order valence-electron chi connectivity index (χ0n) is 22.8. The molecule has 10 nitrogen and oxygen atoms in total. The van der Waals surface area contributed by atoms with Crippen LogP contribution in [0.25, 0.3) is 11.1 Å². The molecule has 0 radical (unpaired) electrons. The second-order valence-corrected chi connectivity index (χ2v) is 12.8. The van der Waals surface area contributed by atoms with E-state index in [2.05, 4.69) is 16.7 Å². The molecule has 0 spiro atoms. The highest BCUT2D eigenvalue weighted by Gasteiger charge is 2.47. The topological polar surface area (TPSA) is 132 Å². The molecule has 6 atom stereocenters. The van der Waals surface area contributed by atoms with Crippen LogP contribution in [0.1, 0.15) is 42.9 Å². The average Bonchev–Trinajstić information content (AvgIpc) is 3.65. The van der Waals surface area contributed by atoms with Crippen LogP contribution in [0.5, 0.6) is 0 Å². The summed E-state index contributed by atoms with van der Waals surface area (Å²) in [7, 11) is 0.483. The third kappa shape index (κ3) is 5.11. The van der Waals surface area contributed by atoms with E-state index in [4.69, 9.17) is 4.74 Å². The van der Waals surface area contributed by atoms with Crippen LogP contribution in [0, 0.1) is 17.2 Å².